The van der Waals surface area contributed by atoms with Crippen LogP contribution in [0.3, 0.4) is 0 Å². The summed E-state index contributed by atoms with van der Waals surface area (Å²) < 4.78 is 5.38. The number of nitrogens with zero attached hydrogens (tertiary/aromatic N) is 2. The Morgan fingerprint density at radius 3 is 2.65 bits per heavy atom. The van der Waals surface area contributed by atoms with Crippen molar-refractivity contribution < 1.29 is 19.1 Å². The molecular weight excluding hydrogens is 432 g/mol. The van der Waals surface area contributed by atoms with E-state index in [2.05, 4.69) is 17.2 Å². The number of methoxy groups -OCH3 is 1. The van der Waals surface area contributed by atoms with Crippen molar-refractivity contribution in [2.75, 3.05) is 25.1 Å². The van der Waals surface area contributed by atoms with Crippen LogP contribution in [0.5, 0.6) is 5.75 Å². The molecule has 1 aromatic heterocycles. The molecule has 1 fully saturated rings. The van der Waals surface area contributed by atoms with Crippen molar-refractivity contribution in [1.29, 1.82) is 0 Å². The lowest BCUT2D eigenvalue weighted by Crippen LogP contribution is -2.49. The Morgan fingerprint density at radius 1 is 1.18 bits per heavy atom. The Bertz CT molecular complexity index is 1300. The summed E-state index contributed by atoms with van der Waals surface area (Å²) in [6.07, 6.45) is 2.55. The molecule has 3 heterocycles. The number of unbranched alkanes of at least 4 members (excludes halogenated alkanes) is 1. The first-order valence-electron chi connectivity index (χ1n) is 11.6. The number of benzene rings is 2. The molecule has 0 spiro atoms. The summed E-state index contributed by atoms with van der Waals surface area (Å²) in [4.78, 5) is 45.7. The lowest BCUT2D eigenvalue weighted by molar-refractivity contribution is -0.125. The summed E-state index contributed by atoms with van der Waals surface area (Å²) in [5.41, 5.74) is 2.51. The molecule has 34 heavy (non-hydrogen) atoms. The quantitative estimate of drug-likeness (QED) is 0.430. The van der Waals surface area contributed by atoms with Crippen LogP contribution >= 0.6 is 0 Å². The third-order valence-electron chi connectivity index (χ3n) is 6.97. The van der Waals surface area contributed by atoms with Gasteiger partial charge in [-0.05, 0) is 67.8 Å². The molecule has 2 N–H and O–H groups in total. The fraction of sp³-hybridized carbons (Fsp3) is 0.346. The summed E-state index contributed by atoms with van der Waals surface area (Å²) >= 11 is 0. The second-order valence-electron chi connectivity index (χ2n) is 8.94. The molecule has 0 aliphatic carbocycles. The predicted molar refractivity (Wildman–Crippen MR) is 129 cm³/mol. The third kappa shape index (κ3) is 3.16. The topological polar surface area (TPSA) is 94.7 Å². The summed E-state index contributed by atoms with van der Waals surface area (Å²) in [7, 11) is 1.63. The first-order valence-corrected chi connectivity index (χ1v) is 11.6. The average molecular weight is 461 g/mol. The molecule has 0 bridgehead atoms. The van der Waals surface area contributed by atoms with Crippen LogP contribution in [0, 0.1) is 0 Å². The van der Waals surface area contributed by atoms with Crippen LogP contribution in [-0.2, 0) is 16.8 Å². The number of carbonyl (C=O) groups is 3. The minimum atomic E-state index is -1.13. The van der Waals surface area contributed by atoms with Gasteiger partial charge in [-0.25, -0.2) is 9.69 Å². The fourth-order valence-electron chi connectivity index (χ4n) is 5.02. The molecule has 2 aliphatic heterocycles. The summed E-state index contributed by atoms with van der Waals surface area (Å²) in [6, 6.07) is 12.0. The molecule has 1 unspecified atom stereocenters. The Kier molecular flexibility index (Phi) is 5.31. The average Bonchev–Trinajstić information content (AvgIpc) is 3.32. The number of aromatic nitrogens is 1. The van der Waals surface area contributed by atoms with Gasteiger partial charge in [0.2, 0.25) is 0 Å². The van der Waals surface area contributed by atoms with Gasteiger partial charge in [-0.15, -0.1) is 0 Å². The van der Waals surface area contributed by atoms with E-state index >= 15 is 0 Å². The van der Waals surface area contributed by atoms with Gasteiger partial charge in [0, 0.05) is 29.6 Å². The van der Waals surface area contributed by atoms with Crippen LogP contribution in [0.2, 0.25) is 0 Å². The Labute approximate surface area is 197 Å². The number of imide groups is 1. The second-order valence-corrected chi connectivity index (χ2v) is 8.94. The van der Waals surface area contributed by atoms with E-state index in [9.17, 15) is 14.4 Å². The van der Waals surface area contributed by atoms with Crippen molar-refractivity contribution in [3.63, 3.8) is 0 Å². The zero-order valence-corrected chi connectivity index (χ0v) is 19.6. The van der Waals surface area contributed by atoms with Crippen molar-refractivity contribution in [3.05, 3.63) is 59.3 Å². The van der Waals surface area contributed by atoms with Crippen LogP contribution in [0.4, 0.5) is 10.5 Å². The molecule has 4 amide bonds. The summed E-state index contributed by atoms with van der Waals surface area (Å²) in [6.45, 7) is 4.92. The van der Waals surface area contributed by atoms with Gasteiger partial charge in [0.05, 0.1) is 18.5 Å². The van der Waals surface area contributed by atoms with E-state index in [1.807, 2.05) is 18.2 Å². The van der Waals surface area contributed by atoms with Crippen LogP contribution in [0.15, 0.2) is 42.5 Å². The van der Waals surface area contributed by atoms with Gasteiger partial charge in [0.15, 0.2) is 5.54 Å². The van der Waals surface area contributed by atoms with Gasteiger partial charge >= 0.3 is 6.03 Å². The van der Waals surface area contributed by atoms with Gasteiger partial charge in [-0.2, -0.15) is 0 Å². The molecule has 176 valence electrons. The molecule has 0 radical (unpaired) electrons. The fourth-order valence-corrected chi connectivity index (χ4v) is 5.02. The maximum Gasteiger partial charge on any atom is 0.332 e. The van der Waals surface area contributed by atoms with Crippen LogP contribution in [0.25, 0.3) is 10.9 Å². The van der Waals surface area contributed by atoms with Crippen LogP contribution < -0.4 is 15.0 Å². The molecule has 8 nitrogen and oxygen atoms in total. The summed E-state index contributed by atoms with van der Waals surface area (Å²) in [5.74, 6) is 0.273. The Morgan fingerprint density at radius 2 is 1.94 bits per heavy atom. The largest absolute Gasteiger partial charge is 0.497 e. The number of carbonyl (C=O) groups excluding carboxylic acids is 3. The zero-order valence-electron chi connectivity index (χ0n) is 19.6. The third-order valence-corrected chi connectivity index (χ3v) is 6.97. The predicted octanol–water partition coefficient (Wildman–Crippen LogP) is 3.95. The maximum atomic E-state index is 13.8. The van der Waals surface area contributed by atoms with E-state index in [4.69, 9.17) is 4.74 Å². The summed E-state index contributed by atoms with van der Waals surface area (Å²) in [5, 5.41) is 3.88. The highest BCUT2D eigenvalue weighted by molar-refractivity contribution is 6.23. The molecule has 2 aromatic carbocycles. The van der Waals surface area contributed by atoms with Crippen molar-refractivity contribution in [2.24, 2.45) is 0 Å². The monoisotopic (exact) mass is 460 g/mol. The number of fused-ring (bicyclic) bond motifs is 5. The molecule has 8 heteroatoms. The minimum Gasteiger partial charge on any atom is -0.497 e. The van der Waals surface area contributed by atoms with E-state index in [0.717, 1.165) is 40.8 Å². The second kappa shape index (κ2) is 8.20. The number of nitrogens with one attached hydrogen (secondary N) is 2. The number of hydrogen-bond donors (Lipinski definition) is 2. The number of hydrogen-bond acceptors (Lipinski definition) is 4. The zero-order chi connectivity index (χ0) is 24.0. The number of H-pyrrole nitrogens is 1. The van der Waals surface area contributed by atoms with Gasteiger partial charge in [-0.1, -0.05) is 13.3 Å². The number of amides is 4. The van der Waals surface area contributed by atoms with Crippen LogP contribution in [0.1, 0.15) is 48.3 Å². The molecule has 0 saturated carbocycles. The minimum absolute atomic E-state index is 0.165. The maximum absolute atomic E-state index is 13.8. The normalized spacial score (nSPS) is 19.4. The van der Waals surface area contributed by atoms with Gasteiger partial charge in [0.25, 0.3) is 11.8 Å². The van der Waals surface area contributed by atoms with E-state index in [1.165, 1.54) is 4.90 Å². The van der Waals surface area contributed by atoms with Crippen molar-refractivity contribution in [2.45, 2.75) is 38.6 Å². The highest BCUT2D eigenvalue weighted by Crippen LogP contribution is 2.45. The SMILES string of the molecule is CCCCNC(=O)c1ccc(N2C(=O)N3CCc4c([nH]c5ccc(OC)cc45)C3(C)C2=O)cc1. The van der Waals surface area contributed by atoms with E-state index < -0.39 is 5.54 Å². The van der Waals surface area contributed by atoms with Gasteiger partial charge in [0.1, 0.15) is 5.75 Å². The number of aromatic amines is 1. The number of urea groups is 1. The molecule has 5 rings (SSSR count). The van der Waals surface area contributed by atoms with Crippen molar-refractivity contribution in [3.8, 4) is 5.75 Å². The number of ether oxygens (including phenoxy) is 1. The van der Waals surface area contributed by atoms with E-state index in [-0.39, 0.29) is 17.8 Å². The highest BCUT2D eigenvalue weighted by atomic mass is 16.5. The van der Waals surface area contributed by atoms with Crippen molar-refractivity contribution >= 4 is 34.4 Å². The van der Waals surface area contributed by atoms with E-state index in [0.29, 0.717) is 30.8 Å². The Balaban J connectivity index is 1.48. The van der Waals surface area contributed by atoms with E-state index in [1.54, 1.807) is 43.2 Å². The number of anilines is 1. The lowest BCUT2D eigenvalue weighted by atomic mass is 9.87. The van der Waals surface area contributed by atoms with Gasteiger partial charge in [-0.3, -0.25) is 9.59 Å². The standard InChI is InChI=1S/C26H28N4O4/c1-4-5-13-27-23(31)16-6-8-17(9-7-16)30-24(32)26(2)22-19(12-14-29(26)25(30)33)20-15-18(34-3)10-11-21(20)28-22/h6-11,15,28H,4-5,12-14H2,1-3H3,(H,27,31). The molecule has 1 saturated heterocycles. The first-order chi connectivity index (χ1) is 16.4. The first kappa shape index (κ1) is 22.0. The number of rotatable bonds is 6. The van der Waals surface area contributed by atoms with Crippen LogP contribution in [-0.4, -0.2) is 47.9 Å². The Hall–Kier alpha value is -3.81. The molecule has 3 aromatic rings. The molecule has 2 aliphatic rings. The lowest BCUT2D eigenvalue weighted by Gasteiger charge is -2.35. The molecular formula is C26H28N4O4. The highest BCUT2D eigenvalue weighted by Gasteiger charge is 2.59. The smallest absolute Gasteiger partial charge is 0.332 e. The van der Waals surface area contributed by atoms with Gasteiger partial charge < -0.3 is 19.9 Å². The van der Waals surface area contributed by atoms with Crippen molar-refractivity contribution in [1.82, 2.24) is 15.2 Å². The molecule has 1 atom stereocenters.